The topological polar surface area (TPSA) is 116 Å². The molecule has 9 rings (SSSR count). The molecule has 0 amide bonds. The van der Waals surface area contributed by atoms with Crippen LogP contribution in [0.1, 0.15) is 53.4 Å². The molecule has 6 aliphatic carbocycles. The number of carbonyl (C=O) groups is 2. The fourth-order valence-corrected chi connectivity index (χ4v) is 11.8. The van der Waals surface area contributed by atoms with Crippen LogP contribution < -0.4 is 0 Å². The number of nitrogens with zero attached hydrogens (tertiary/aromatic N) is 1. The van der Waals surface area contributed by atoms with Gasteiger partial charge in [0.25, 0.3) is 0 Å². The zero-order valence-corrected chi connectivity index (χ0v) is 20.3. The Labute approximate surface area is 199 Å². The third kappa shape index (κ3) is 1.86. The van der Waals surface area contributed by atoms with Crippen LogP contribution in [0, 0.1) is 45.1 Å². The van der Waals surface area contributed by atoms with Crippen LogP contribution in [0.15, 0.2) is 12.2 Å². The number of ether oxygens (including phenoxy) is 2. The zero-order chi connectivity index (χ0) is 24.4. The Morgan fingerprint density at radius 3 is 2.56 bits per heavy atom. The van der Waals surface area contributed by atoms with Gasteiger partial charge in [-0.05, 0) is 19.3 Å². The number of aliphatic hydroxyl groups is 2. The van der Waals surface area contributed by atoms with E-state index in [-0.39, 0.29) is 41.3 Å². The number of quaternary nitrogens is 1. The van der Waals surface area contributed by atoms with Crippen LogP contribution in [0.2, 0.25) is 0 Å². The minimum absolute atomic E-state index is 0.0430. The molecule has 9 aliphatic rings. The predicted octanol–water partition coefficient (Wildman–Crippen LogP) is 1.67. The summed E-state index contributed by atoms with van der Waals surface area (Å²) in [6.07, 6.45) is -0.00202. The summed E-state index contributed by atoms with van der Waals surface area (Å²) < 4.78 is 11.3. The maximum Gasteiger partial charge on any atom is 0.308 e. The van der Waals surface area contributed by atoms with E-state index < -0.39 is 51.2 Å². The molecule has 34 heavy (non-hydrogen) atoms. The van der Waals surface area contributed by atoms with Crippen molar-refractivity contribution in [3.8, 4) is 0 Å². The van der Waals surface area contributed by atoms with Gasteiger partial charge in [0.1, 0.15) is 18.2 Å². The number of hydrogen-bond acceptors (Lipinski definition) is 7. The fourth-order valence-electron chi connectivity index (χ4n) is 11.8. The number of rotatable bonds is 3. The van der Waals surface area contributed by atoms with Crippen molar-refractivity contribution in [3.63, 3.8) is 0 Å². The number of hydroxylamine groups is 3. The lowest BCUT2D eigenvalue weighted by Gasteiger charge is -2.68. The lowest BCUT2D eigenvalue weighted by molar-refractivity contribution is -0.929. The second-order valence-corrected chi connectivity index (χ2v) is 13.4. The third-order valence-corrected chi connectivity index (χ3v) is 11.6. The Kier molecular flexibility index (Phi) is 3.68. The van der Waals surface area contributed by atoms with Gasteiger partial charge in [-0.25, -0.2) is 0 Å². The van der Waals surface area contributed by atoms with Crippen molar-refractivity contribution in [2.45, 2.75) is 89.4 Å². The first-order valence-corrected chi connectivity index (χ1v) is 12.8. The van der Waals surface area contributed by atoms with Crippen molar-refractivity contribution in [1.29, 1.82) is 0 Å². The van der Waals surface area contributed by atoms with Gasteiger partial charge >= 0.3 is 11.9 Å². The van der Waals surface area contributed by atoms with E-state index in [4.69, 9.17) is 9.47 Å². The summed E-state index contributed by atoms with van der Waals surface area (Å²) in [4.78, 5) is 24.8. The summed E-state index contributed by atoms with van der Waals surface area (Å²) in [5, 5.41) is 39.4. The Morgan fingerprint density at radius 2 is 1.91 bits per heavy atom. The van der Waals surface area contributed by atoms with Gasteiger partial charge in [-0.15, -0.1) is 0 Å². The van der Waals surface area contributed by atoms with Gasteiger partial charge in [0.15, 0.2) is 5.60 Å². The van der Waals surface area contributed by atoms with Crippen LogP contribution in [0.4, 0.5) is 0 Å². The smallest absolute Gasteiger partial charge is 0.308 e. The zero-order valence-electron chi connectivity index (χ0n) is 20.3. The molecule has 0 aromatic carbocycles. The molecule has 0 aromatic rings. The van der Waals surface area contributed by atoms with Crippen LogP contribution in [0.25, 0.3) is 0 Å². The van der Waals surface area contributed by atoms with E-state index in [2.05, 4.69) is 13.5 Å². The quantitative estimate of drug-likeness (QED) is 0.277. The van der Waals surface area contributed by atoms with Crippen molar-refractivity contribution in [3.05, 3.63) is 17.4 Å². The molecule has 9 fully saturated rings. The molecule has 2 N–H and O–H groups in total. The first-order chi connectivity index (χ1) is 15.8. The maximum atomic E-state index is 14.8. The van der Waals surface area contributed by atoms with Gasteiger partial charge < -0.3 is 29.5 Å². The second-order valence-electron chi connectivity index (χ2n) is 13.4. The minimum atomic E-state index is -1.52. The number of piperidine rings is 2. The molecule has 13 atom stereocenters. The van der Waals surface area contributed by atoms with Gasteiger partial charge in [-0.1, -0.05) is 32.9 Å². The highest BCUT2D eigenvalue weighted by Gasteiger charge is 2.99. The summed E-state index contributed by atoms with van der Waals surface area (Å²) in [6, 6.07) is -0.847. The minimum Gasteiger partial charge on any atom is -0.632 e. The van der Waals surface area contributed by atoms with Crippen molar-refractivity contribution in [2.75, 3.05) is 6.54 Å². The largest absolute Gasteiger partial charge is 0.632 e. The lowest BCUT2D eigenvalue weighted by Crippen LogP contribution is -2.79. The molecule has 3 saturated heterocycles. The van der Waals surface area contributed by atoms with Crippen molar-refractivity contribution < 1.29 is 33.9 Å². The van der Waals surface area contributed by atoms with Gasteiger partial charge in [-0.3, -0.25) is 9.59 Å². The number of aliphatic hydroxyl groups excluding tert-OH is 1. The van der Waals surface area contributed by atoms with E-state index in [1.165, 1.54) is 6.92 Å². The van der Waals surface area contributed by atoms with Crippen LogP contribution in [0.3, 0.4) is 0 Å². The monoisotopic (exact) mass is 473 g/mol. The second kappa shape index (κ2) is 5.74. The first kappa shape index (κ1) is 21.8. The molecule has 0 radical (unpaired) electrons. The average molecular weight is 474 g/mol. The van der Waals surface area contributed by atoms with Crippen LogP contribution in [0.5, 0.6) is 0 Å². The fraction of sp³-hybridized carbons (Fsp3) is 0.846. The summed E-state index contributed by atoms with van der Waals surface area (Å²) >= 11 is 0. The first-order valence-electron chi connectivity index (χ1n) is 12.8. The van der Waals surface area contributed by atoms with Crippen LogP contribution in [-0.2, 0) is 19.1 Å². The molecule has 0 unspecified atom stereocenters. The van der Waals surface area contributed by atoms with E-state index in [0.717, 1.165) is 5.57 Å². The summed E-state index contributed by atoms with van der Waals surface area (Å²) in [5.41, 5.74) is -2.44. The molecule has 3 aliphatic heterocycles. The molecule has 8 nitrogen and oxygen atoms in total. The third-order valence-electron chi connectivity index (χ3n) is 11.6. The molecule has 186 valence electrons. The SMILES string of the molecule is C=C1C[C@@]23C[C@H]4[C@@H]5[C@@]6(C)C[C@H](OC(=O)C(C)C)C[C@@]57[C@@H]2[C@H](O)[C@@H]1[C@@H](OC(C)=O)[C@]3(O)[C@H]7[N@+]4([O-])C6. The highest BCUT2D eigenvalue weighted by molar-refractivity contribution is 5.71. The van der Waals surface area contributed by atoms with Gasteiger partial charge in [0.2, 0.25) is 0 Å². The van der Waals surface area contributed by atoms with Crippen LogP contribution in [-0.4, -0.2) is 69.3 Å². The standard InChI is InChI=1S/C26H35NO7/c1-11(2)21(30)34-14-7-23(5)10-27(32)15-9-24-6-12(3)16-17(29)19(24)25(8-14,18(15)23)22(27)26(24,31)20(16)33-13(4)28/h11,14-20,22,29,31H,3,6-10H2,1-2,4-5H3/t14-,15-,16+,17+,18+,19+,20+,22-,23-,24+,25-,26-,27-/m0/s1. The Balaban J connectivity index is 1.44. The van der Waals surface area contributed by atoms with Crippen molar-refractivity contribution in [2.24, 2.45) is 39.9 Å². The molecule has 3 heterocycles. The van der Waals surface area contributed by atoms with Gasteiger partial charge in [0.05, 0.1) is 24.6 Å². The summed E-state index contributed by atoms with van der Waals surface area (Å²) in [6.45, 7) is 11.7. The van der Waals surface area contributed by atoms with E-state index in [1.807, 2.05) is 13.8 Å². The highest BCUT2D eigenvalue weighted by Crippen LogP contribution is 2.89. The van der Waals surface area contributed by atoms with Gasteiger partial charge in [0, 0.05) is 47.3 Å². The van der Waals surface area contributed by atoms with Gasteiger partial charge in [-0.2, -0.15) is 0 Å². The molecule has 2 spiro atoms. The summed E-state index contributed by atoms with van der Waals surface area (Å²) in [5.74, 6) is -1.88. The number of hydrogen-bond donors (Lipinski definition) is 2. The van der Waals surface area contributed by atoms with Crippen molar-refractivity contribution in [1.82, 2.24) is 0 Å². The number of esters is 2. The summed E-state index contributed by atoms with van der Waals surface area (Å²) in [7, 11) is 0. The molecular weight excluding hydrogens is 438 g/mol. The molecule has 0 aromatic heterocycles. The predicted molar refractivity (Wildman–Crippen MR) is 118 cm³/mol. The normalized spacial score (nSPS) is 61.4. The van der Waals surface area contributed by atoms with E-state index >= 15 is 0 Å². The lowest BCUT2D eigenvalue weighted by atomic mass is 9.39. The number of fused-ring (bicyclic) bond motifs is 1. The molecule has 9 bridgehead atoms. The Hall–Kier alpha value is -1.48. The highest BCUT2D eigenvalue weighted by atomic mass is 16.6. The Bertz CT molecular complexity index is 1060. The van der Waals surface area contributed by atoms with Crippen LogP contribution >= 0.6 is 0 Å². The molecule has 8 heteroatoms. The molecular formula is C26H35NO7. The maximum absolute atomic E-state index is 14.8. The Morgan fingerprint density at radius 1 is 1.21 bits per heavy atom. The van der Waals surface area contributed by atoms with E-state index in [1.54, 1.807) is 0 Å². The average Bonchev–Trinajstić information content (AvgIpc) is 3.04. The number of carbonyl (C=O) groups excluding carboxylic acids is 2. The van der Waals surface area contributed by atoms with E-state index in [9.17, 15) is 25.0 Å². The van der Waals surface area contributed by atoms with Crippen molar-refractivity contribution >= 4 is 11.9 Å². The van der Waals surface area contributed by atoms with E-state index in [0.29, 0.717) is 32.2 Å². The molecule has 6 saturated carbocycles.